The van der Waals surface area contributed by atoms with Gasteiger partial charge in [0.25, 0.3) is 0 Å². The van der Waals surface area contributed by atoms with Gasteiger partial charge in [-0.15, -0.1) is 11.8 Å². The van der Waals surface area contributed by atoms with Gasteiger partial charge in [-0.3, -0.25) is 9.59 Å². The fourth-order valence-corrected chi connectivity index (χ4v) is 2.21. The van der Waals surface area contributed by atoms with E-state index >= 15 is 0 Å². The number of hydrogen-bond acceptors (Lipinski definition) is 4. The molecule has 0 atom stereocenters. The zero-order valence-electron chi connectivity index (χ0n) is 11.3. The molecule has 4 nitrogen and oxygen atoms in total. The minimum absolute atomic E-state index is 0.0565. The SMILES string of the molecule is CC(C)(C#N)NC(=O)CSCC(=O)c1ccc(Cl)cc1. The van der Waals surface area contributed by atoms with Gasteiger partial charge in [0, 0.05) is 10.6 Å². The second-order valence-corrected chi connectivity index (χ2v) is 6.13. The lowest BCUT2D eigenvalue weighted by Crippen LogP contribution is -2.43. The van der Waals surface area contributed by atoms with Crippen LogP contribution in [0.15, 0.2) is 24.3 Å². The van der Waals surface area contributed by atoms with Gasteiger partial charge in [0.15, 0.2) is 5.78 Å². The van der Waals surface area contributed by atoms with E-state index in [0.29, 0.717) is 10.6 Å². The van der Waals surface area contributed by atoms with Crippen molar-refractivity contribution in [3.8, 4) is 6.07 Å². The zero-order chi connectivity index (χ0) is 15.2. The summed E-state index contributed by atoms with van der Waals surface area (Å²) in [5.74, 6) is 0.0383. The standard InChI is InChI=1S/C14H15ClN2O2S/c1-14(2,9-16)17-13(19)8-20-7-12(18)10-3-5-11(15)6-4-10/h3-6H,7-8H2,1-2H3,(H,17,19). The molecule has 0 aliphatic heterocycles. The van der Waals surface area contributed by atoms with Gasteiger partial charge in [-0.2, -0.15) is 5.26 Å². The number of hydrogen-bond donors (Lipinski definition) is 1. The smallest absolute Gasteiger partial charge is 0.231 e. The van der Waals surface area contributed by atoms with Crippen molar-refractivity contribution in [3.63, 3.8) is 0 Å². The monoisotopic (exact) mass is 310 g/mol. The van der Waals surface area contributed by atoms with Gasteiger partial charge >= 0.3 is 0 Å². The van der Waals surface area contributed by atoms with E-state index in [1.807, 2.05) is 6.07 Å². The maximum absolute atomic E-state index is 11.8. The number of benzene rings is 1. The molecule has 106 valence electrons. The van der Waals surface area contributed by atoms with Crippen LogP contribution < -0.4 is 5.32 Å². The third-order valence-corrected chi connectivity index (χ3v) is 3.55. The Balaban J connectivity index is 2.38. The summed E-state index contributed by atoms with van der Waals surface area (Å²) in [5.41, 5.74) is -0.322. The van der Waals surface area contributed by atoms with Crippen LogP contribution in [0.1, 0.15) is 24.2 Å². The lowest BCUT2D eigenvalue weighted by molar-refractivity contribution is -0.119. The molecular formula is C14H15ClN2O2S. The van der Waals surface area contributed by atoms with Crippen molar-refractivity contribution in [2.24, 2.45) is 0 Å². The second kappa shape index (κ2) is 7.32. The molecule has 0 spiro atoms. The van der Waals surface area contributed by atoms with Crippen molar-refractivity contribution < 1.29 is 9.59 Å². The molecule has 1 aromatic carbocycles. The number of Topliss-reactive ketones (excluding diaryl/α,β-unsaturated/α-hetero) is 1. The first kappa shape index (κ1) is 16.5. The van der Waals surface area contributed by atoms with Crippen molar-refractivity contribution in [2.75, 3.05) is 11.5 Å². The van der Waals surface area contributed by atoms with Crippen LogP contribution in [0.2, 0.25) is 5.02 Å². The summed E-state index contributed by atoms with van der Waals surface area (Å²) in [4.78, 5) is 23.4. The highest BCUT2D eigenvalue weighted by Gasteiger charge is 2.19. The predicted molar refractivity (Wildman–Crippen MR) is 80.9 cm³/mol. The highest BCUT2D eigenvalue weighted by molar-refractivity contribution is 8.00. The number of nitriles is 1. The van der Waals surface area contributed by atoms with Crippen LogP contribution in [-0.4, -0.2) is 28.7 Å². The van der Waals surface area contributed by atoms with Gasteiger partial charge in [-0.05, 0) is 38.1 Å². The van der Waals surface area contributed by atoms with Crippen molar-refractivity contribution in [1.29, 1.82) is 5.26 Å². The number of halogens is 1. The Morgan fingerprint density at radius 1 is 1.30 bits per heavy atom. The summed E-state index contributed by atoms with van der Waals surface area (Å²) in [5, 5.41) is 11.9. The quantitative estimate of drug-likeness (QED) is 0.820. The first-order valence-corrected chi connectivity index (χ1v) is 7.46. The number of carbonyl (C=O) groups excluding carboxylic acids is 2. The summed E-state index contributed by atoms with van der Waals surface area (Å²) >= 11 is 6.96. The largest absolute Gasteiger partial charge is 0.338 e. The maximum atomic E-state index is 11.8. The number of carbonyl (C=O) groups is 2. The summed E-state index contributed by atoms with van der Waals surface area (Å²) in [6.07, 6.45) is 0. The van der Waals surface area contributed by atoms with Crippen LogP contribution in [0.4, 0.5) is 0 Å². The maximum Gasteiger partial charge on any atom is 0.231 e. The minimum atomic E-state index is -0.891. The Bertz CT molecular complexity index is 535. The van der Waals surface area contributed by atoms with E-state index < -0.39 is 5.54 Å². The summed E-state index contributed by atoms with van der Waals surface area (Å²) < 4.78 is 0. The predicted octanol–water partition coefficient (Wildman–Crippen LogP) is 2.67. The number of ketones is 1. The molecule has 1 amide bonds. The van der Waals surface area contributed by atoms with Crippen LogP contribution in [-0.2, 0) is 4.79 Å². The molecule has 0 fully saturated rings. The first-order valence-electron chi connectivity index (χ1n) is 5.93. The van der Waals surface area contributed by atoms with Crippen LogP contribution in [0.25, 0.3) is 0 Å². The molecule has 20 heavy (non-hydrogen) atoms. The van der Waals surface area contributed by atoms with Crippen LogP contribution in [0.3, 0.4) is 0 Å². The molecule has 0 unspecified atom stereocenters. The molecular weight excluding hydrogens is 296 g/mol. The lowest BCUT2D eigenvalue weighted by Gasteiger charge is -2.16. The number of amides is 1. The first-order chi connectivity index (χ1) is 9.34. The average Bonchev–Trinajstić information content (AvgIpc) is 2.38. The molecule has 1 rings (SSSR count). The third-order valence-electron chi connectivity index (χ3n) is 2.36. The number of rotatable bonds is 6. The van der Waals surface area contributed by atoms with Gasteiger partial charge < -0.3 is 5.32 Å². The van der Waals surface area contributed by atoms with Crippen molar-refractivity contribution in [1.82, 2.24) is 5.32 Å². The number of nitrogens with zero attached hydrogens (tertiary/aromatic N) is 1. The molecule has 0 heterocycles. The van der Waals surface area contributed by atoms with Crippen LogP contribution in [0, 0.1) is 11.3 Å². The number of thioether (sulfide) groups is 1. The van der Waals surface area contributed by atoms with Crippen LogP contribution >= 0.6 is 23.4 Å². The van der Waals surface area contributed by atoms with Crippen molar-refractivity contribution in [2.45, 2.75) is 19.4 Å². The van der Waals surface area contributed by atoms with E-state index in [0.717, 1.165) is 0 Å². The molecule has 6 heteroatoms. The van der Waals surface area contributed by atoms with Crippen molar-refractivity contribution in [3.05, 3.63) is 34.9 Å². The van der Waals surface area contributed by atoms with Gasteiger partial charge in [0.1, 0.15) is 5.54 Å². The normalized spacial score (nSPS) is 10.7. The van der Waals surface area contributed by atoms with Gasteiger partial charge in [-0.25, -0.2) is 0 Å². The highest BCUT2D eigenvalue weighted by atomic mass is 35.5. The lowest BCUT2D eigenvalue weighted by atomic mass is 10.1. The van der Waals surface area contributed by atoms with E-state index in [1.165, 1.54) is 11.8 Å². The van der Waals surface area contributed by atoms with Crippen LogP contribution in [0.5, 0.6) is 0 Å². The Morgan fingerprint density at radius 3 is 2.45 bits per heavy atom. The van der Waals surface area contributed by atoms with Gasteiger partial charge in [0.05, 0.1) is 17.6 Å². The Morgan fingerprint density at radius 2 is 1.90 bits per heavy atom. The van der Waals surface area contributed by atoms with E-state index in [9.17, 15) is 9.59 Å². The van der Waals surface area contributed by atoms with Gasteiger partial charge in [0.2, 0.25) is 5.91 Å². The van der Waals surface area contributed by atoms with E-state index in [-0.39, 0.29) is 23.2 Å². The zero-order valence-corrected chi connectivity index (χ0v) is 12.8. The highest BCUT2D eigenvalue weighted by Crippen LogP contribution is 2.12. The van der Waals surface area contributed by atoms with E-state index in [4.69, 9.17) is 16.9 Å². The average molecular weight is 311 g/mol. The minimum Gasteiger partial charge on any atom is -0.338 e. The molecule has 0 radical (unpaired) electrons. The molecule has 0 aromatic heterocycles. The molecule has 0 aliphatic rings. The molecule has 1 aromatic rings. The summed E-state index contributed by atoms with van der Waals surface area (Å²) in [6, 6.07) is 8.60. The van der Waals surface area contributed by atoms with E-state index in [1.54, 1.807) is 38.1 Å². The van der Waals surface area contributed by atoms with E-state index in [2.05, 4.69) is 5.32 Å². The fraction of sp³-hybridized carbons (Fsp3) is 0.357. The number of nitrogens with one attached hydrogen (secondary N) is 1. The summed E-state index contributed by atoms with van der Waals surface area (Å²) in [7, 11) is 0. The molecule has 1 N–H and O–H groups in total. The fourth-order valence-electron chi connectivity index (χ4n) is 1.37. The Kier molecular flexibility index (Phi) is 6.05. The molecule has 0 bridgehead atoms. The second-order valence-electron chi connectivity index (χ2n) is 4.71. The molecule has 0 saturated heterocycles. The topological polar surface area (TPSA) is 70.0 Å². The molecule has 0 aliphatic carbocycles. The summed E-state index contributed by atoms with van der Waals surface area (Å²) in [6.45, 7) is 3.24. The molecule has 0 saturated carbocycles. The third kappa shape index (κ3) is 5.64. The van der Waals surface area contributed by atoms with Crippen molar-refractivity contribution >= 4 is 35.1 Å². The Hall–Kier alpha value is -1.51. The van der Waals surface area contributed by atoms with Gasteiger partial charge in [-0.1, -0.05) is 11.6 Å². The Labute approximate surface area is 127 Å².